The lowest BCUT2D eigenvalue weighted by Crippen LogP contribution is -2.40. The summed E-state index contributed by atoms with van der Waals surface area (Å²) in [5, 5.41) is 8.87. The molecule has 1 N–H and O–H groups in total. The maximum absolute atomic E-state index is 12.0. The maximum Gasteiger partial charge on any atom is 0.410 e. The van der Waals surface area contributed by atoms with Crippen LogP contribution in [0, 0.1) is 11.3 Å². The molecule has 0 fully saturated rings. The fraction of sp³-hybridized carbons (Fsp3) is 0.500. The Morgan fingerprint density at radius 3 is 2.80 bits per heavy atom. The van der Waals surface area contributed by atoms with Crippen molar-refractivity contribution in [1.29, 1.82) is 5.26 Å². The number of aromatic amines is 1. The van der Waals surface area contributed by atoms with Gasteiger partial charge in [-0.05, 0) is 32.4 Å². The number of aromatic nitrogens is 1. The number of hydrogen-bond acceptors (Lipinski definition) is 4. The SMILES string of the molecule is CC(C)(C)OC(=O)N1CCc2[nH]c(=O)c(C#N)cc2C1. The number of carbonyl (C=O) groups is 1. The predicted octanol–water partition coefficient (Wildman–Crippen LogP) is 1.54. The standard InChI is InChI=1S/C14H17N3O3/c1-14(2,3)20-13(19)17-5-4-11-10(8-17)6-9(7-15)12(18)16-11/h6H,4-5,8H2,1-3H3,(H,16,18). The molecule has 0 bridgehead atoms. The molecule has 2 heterocycles. The molecule has 1 aromatic heterocycles. The van der Waals surface area contributed by atoms with E-state index in [9.17, 15) is 9.59 Å². The van der Waals surface area contributed by atoms with Crippen molar-refractivity contribution in [3.63, 3.8) is 0 Å². The van der Waals surface area contributed by atoms with Gasteiger partial charge in [-0.3, -0.25) is 4.79 Å². The first kappa shape index (κ1) is 14.1. The van der Waals surface area contributed by atoms with Crippen molar-refractivity contribution in [3.8, 4) is 6.07 Å². The van der Waals surface area contributed by atoms with E-state index in [1.165, 1.54) is 0 Å². The molecule has 0 saturated heterocycles. The van der Waals surface area contributed by atoms with Crippen LogP contribution in [0.5, 0.6) is 0 Å². The Kier molecular flexibility index (Phi) is 3.53. The number of nitrogens with zero attached hydrogens (tertiary/aromatic N) is 2. The first-order chi connectivity index (χ1) is 9.30. The van der Waals surface area contributed by atoms with Gasteiger partial charge < -0.3 is 14.6 Å². The van der Waals surface area contributed by atoms with Crippen LogP contribution in [-0.4, -0.2) is 28.1 Å². The molecule has 0 atom stereocenters. The van der Waals surface area contributed by atoms with E-state index in [1.54, 1.807) is 11.0 Å². The Bertz CT molecular complexity index is 635. The fourth-order valence-electron chi connectivity index (χ4n) is 2.07. The van der Waals surface area contributed by atoms with Crippen molar-refractivity contribution in [2.24, 2.45) is 0 Å². The van der Waals surface area contributed by atoms with E-state index in [-0.39, 0.29) is 17.2 Å². The number of pyridine rings is 1. The van der Waals surface area contributed by atoms with Crippen molar-refractivity contribution in [2.75, 3.05) is 6.54 Å². The van der Waals surface area contributed by atoms with Gasteiger partial charge in [0.15, 0.2) is 0 Å². The van der Waals surface area contributed by atoms with Gasteiger partial charge in [0.2, 0.25) is 0 Å². The van der Waals surface area contributed by atoms with E-state index < -0.39 is 5.60 Å². The summed E-state index contributed by atoms with van der Waals surface area (Å²) < 4.78 is 5.32. The van der Waals surface area contributed by atoms with Crippen LogP contribution in [0.4, 0.5) is 4.79 Å². The fourth-order valence-corrected chi connectivity index (χ4v) is 2.07. The minimum Gasteiger partial charge on any atom is -0.444 e. The molecular formula is C14H17N3O3. The van der Waals surface area contributed by atoms with Crippen LogP contribution < -0.4 is 5.56 Å². The van der Waals surface area contributed by atoms with Crippen LogP contribution in [0.15, 0.2) is 10.9 Å². The summed E-state index contributed by atoms with van der Waals surface area (Å²) in [5.41, 5.74) is 0.721. The van der Waals surface area contributed by atoms with Crippen LogP contribution >= 0.6 is 0 Å². The van der Waals surface area contributed by atoms with E-state index in [0.717, 1.165) is 11.3 Å². The van der Waals surface area contributed by atoms with Gasteiger partial charge in [0.05, 0.1) is 6.54 Å². The molecule has 1 aliphatic heterocycles. The van der Waals surface area contributed by atoms with E-state index >= 15 is 0 Å². The Morgan fingerprint density at radius 1 is 1.50 bits per heavy atom. The highest BCUT2D eigenvalue weighted by Crippen LogP contribution is 2.19. The maximum atomic E-state index is 12.0. The first-order valence-corrected chi connectivity index (χ1v) is 6.43. The number of H-pyrrole nitrogens is 1. The molecule has 0 spiro atoms. The summed E-state index contributed by atoms with van der Waals surface area (Å²) in [5.74, 6) is 0. The van der Waals surface area contributed by atoms with Crippen LogP contribution in [-0.2, 0) is 17.7 Å². The number of carbonyl (C=O) groups excluding carboxylic acids is 1. The van der Waals surface area contributed by atoms with Gasteiger partial charge in [-0.25, -0.2) is 4.79 Å². The highest BCUT2D eigenvalue weighted by atomic mass is 16.6. The highest BCUT2D eigenvalue weighted by molar-refractivity contribution is 5.68. The quantitative estimate of drug-likeness (QED) is 0.778. The molecule has 1 amide bonds. The molecule has 0 radical (unpaired) electrons. The minimum absolute atomic E-state index is 0.0646. The van der Waals surface area contributed by atoms with Gasteiger partial charge in [0.1, 0.15) is 17.2 Å². The molecule has 2 rings (SSSR count). The van der Waals surface area contributed by atoms with Gasteiger partial charge in [0.25, 0.3) is 5.56 Å². The van der Waals surface area contributed by atoms with Gasteiger partial charge in [-0.2, -0.15) is 5.26 Å². The summed E-state index contributed by atoms with van der Waals surface area (Å²) in [6.07, 6.45) is 0.170. The molecule has 6 nitrogen and oxygen atoms in total. The zero-order valence-electron chi connectivity index (χ0n) is 11.8. The first-order valence-electron chi connectivity index (χ1n) is 6.43. The van der Waals surface area contributed by atoms with Crippen LogP contribution in [0.25, 0.3) is 0 Å². The van der Waals surface area contributed by atoms with Gasteiger partial charge >= 0.3 is 6.09 Å². The number of fused-ring (bicyclic) bond motifs is 1. The van der Waals surface area contributed by atoms with Crippen molar-refractivity contribution >= 4 is 6.09 Å². The Morgan fingerprint density at radius 2 is 2.20 bits per heavy atom. The molecule has 0 saturated carbocycles. The van der Waals surface area contributed by atoms with Crippen LogP contribution in [0.1, 0.15) is 37.6 Å². The lowest BCUT2D eigenvalue weighted by molar-refractivity contribution is 0.0222. The Labute approximate surface area is 117 Å². The second kappa shape index (κ2) is 5.00. The zero-order valence-corrected chi connectivity index (χ0v) is 11.8. The summed E-state index contributed by atoms with van der Waals surface area (Å²) in [6, 6.07) is 3.40. The minimum atomic E-state index is -0.541. The van der Waals surface area contributed by atoms with Gasteiger partial charge in [0, 0.05) is 18.7 Å². The summed E-state index contributed by atoms with van der Waals surface area (Å²) >= 11 is 0. The second-order valence-corrected chi connectivity index (χ2v) is 5.78. The predicted molar refractivity (Wildman–Crippen MR) is 72.1 cm³/mol. The Balaban J connectivity index is 2.21. The number of hydrogen-bond donors (Lipinski definition) is 1. The van der Waals surface area contributed by atoms with Crippen molar-refractivity contribution in [3.05, 3.63) is 33.2 Å². The second-order valence-electron chi connectivity index (χ2n) is 5.78. The number of rotatable bonds is 0. The largest absolute Gasteiger partial charge is 0.444 e. The third-order valence-corrected chi connectivity index (χ3v) is 2.98. The van der Waals surface area contributed by atoms with Gasteiger partial charge in [-0.1, -0.05) is 0 Å². The molecule has 20 heavy (non-hydrogen) atoms. The molecular weight excluding hydrogens is 258 g/mol. The lowest BCUT2D eigenvalue weighted by Gasteiger charge is -2.31. The number of amides is 1. The Hall–Kier alpha value is -2.29. The number of nitriles is 1. The van der Waals surface area contributed by atoms with E-state index in [4.69, 9.17) is 10.00 Å². The molecule has 0 aliphatic carbocycles. The van der Waals surface area contributed by atoms with Crippen molar-refractivity contribution in [2.45, 2.75) is 39.3 Å². The van der Waals surface area contributed by atoms with E-state index in [0.29, 0.717) is 19.5 Å². The number of ether oxygens (including phenoxy) is 1. The average Bonchev–Trinajstić information content (AvgIpc) is 2.35. The summed E-state index contributed by atoms with van der Waals surface area (Å²) in [4.78, 5) is 27.8. The normalized spacial score (nSPS) is 14.4. The van der Waals surface area contributed by atoms with E-state index in [2.05, 4.69) is 4.98 Å². The molecule has 0 unspecified atom stereocenters. The topological polar surface area (TPSA) is 86.2 Å². The molecule has 1 aliphatic rings. The third kappa shape index (κ3) is 2.99. The molecule has 6 heteroatoms. The summed E-state index contributed by atoms with van der Waals surface area (Å²) in [7, 11) is 0. The van der Waals surface area contributed by atoms with Crippen LogP contribution in [0.3, 0.4) is 0 Å². The zero-order chi connectivity index (χ0) is 14.9. The highest BCUT2D eigenvalue weighted by Gasteiger charge is 2.26. The molecule has 1 aromatic rings. The lowest BCUT2D eigenvalue weighted by atomic mass is 10.0. The third-order valence-electron chi connectivity index (χ3n) is 2.98. The average molecular weight is 275 g/mol. The summed E-state index contributed by atoms with van der Waals surface area (Å²) in [6.45, 7) is 6.27. The van der Waals surface area contributed by atoms with Crippen LogP contribution in [0.2, 0.25) is 0 Å². The molecule has 0 aromatic carbocycles. The molecule has 106 valence electrons. The number of nitrogens with one attached hydrogen (secondary N) is 1. The monoisotopic (exact) mass is 275 g/mol. The van der Waals surface area contributed by atoms with Crippen molar-refractivity contribution < 1.29 is 9.53 Å². The van der Waals surface area contributed by atoms with Gasteiger partial charge in [-0.15, -0.1) is 0 Å². The van der Waals surface area contributed by atoms with Crippen molar-refractivity contribution in [1.82, 2.24) is 9.88 Å². The van der Waals surface area contributed by atoms with E-state index in [1.807, 2.05) is 26.8 Å². The smallest absolute Gasteiger partial charge is 0.410 e.